The molecule has 28 heavy (non-hydrogen) atoms. The average molecular weight is 436 g/mol. The number of ether oxygens (including phenoxy) is 1. The van der Waals surface area contributed by atoms with Crippen molar-refractivity contribution in [1.82, 2.24) is 9.78 Å². The number of nitrogens with one attached hydrogen (secondary N) is 1. The molecule has 4 rings (SSSR count). The van der Waals surface area contributed by atoms with Crippen molar-refractivity contribution < 1.29 is 13.7 Å². The van der Waals surface area contributed by atoms with Gasteiger partial charge in [-0.05, 0) is 42.5 Å². The topological polar surface area (TPSA) is 73.2 Å². The molecule has 0 aliphatic carbocycles. The Kier molecular flexibility index (Phi) is 5.39. The van der Waals surface area contributed by atoms with Crippen molar-refractivity contribution in [2.45, 2.75) is 11.5 Å². The molecule has 1 unspecified atom stereocenters. The number of benzene rings is 2. The summed E-state index contributed by atoms with van der Waals surface area (Å²) in [4.78, 5) is 12.5. The molecule has 1 aromatic heterocycles. The summed E-state index contributed by atoms with van der Waals surface area (Å²) in [6.07, 6.45) is 0. The van der Waals surface area contributed by atoms with Gasteiger partial charge in [0, 0.05) is 26.4 Å². The van der Waals surface area contributed by atoms with Crippen LogP contribution in [0.2, 0.25) is 10.0 Å². The Balaban J connectivity index is 1.57. The predicted octanol–water partition coefficient (Wildman–Crippen LogP) is 3.96. The van der Waals surface area contributed by atoms with Crippen LogP contribution in [-0.4, -0.2) is 26.5 Å². The molecule has 144 valence electrons. The summed E-state index contributed by atoms with van der Waals surface area (Å²) in [5.41, 5.74) is 2.20. The van der Waals surface area contributed by atoms with E-state index in [4.69, 9.17) is 27.9 Å². The highest BCUT2D eigenvalue weighted by atomic mass is 35.5. The van der Waals surface area contributed by atoms with Crippen LogP contribution in [0.15, 0.2) is 48.5 Å². The summed E-state index contributed by atoms with van der Waals surface area (Å²) in [5.74, 6) is 1.40. The first kappa shape index (κ1) is 19.0. The van der Waals surface area contributed by atoms with Crippen LogP contribution in [0.5, 0.6) is 5.75 Å². The second kappa shape index (κ2) is 7.95. The molecule has 6 nitrogen and oxygen atoms in total. The average Bonchev–Trinajstić information content (AvgIpc) is 3.18. The molecule has 1 amide bonds. The number of fused-ring (bicyclic) bond motifs is 1. The molecule has 9 heteroatoms. The lowest BCUT2D eigenvalue weighted by Gasteiger charge is -2.12. The number of amides is 1. The molecule has 1 aliphatic rings. The van der Waals surface area contributed by atoms with Crippen molar-refractivity contribution in [3.8, 4) is 11.4 Å². The molecule has 0 saturated heterocycles. The van der Waals surface area contributed by atoms with E-state index in [0.29, 0.717) is 44.5 Å². The fourth-order valence-corrected chi connectivity index (χ4v) is 4.47. The third kappa shape index (κ3) is 4.06. The largest absolute Gasteiger partial charge is 0.484 e. The van der Waals surface area contributed by atoms with Crippen LogP contribution >= 0.6 is 23.2 Å². The highest BCUT2D eigenvalue weighted by molar-refractivity contribution is 7.83. The van der Waals surface area contributed by atoms with Gasteiger partial charge in [-0.25, -0.2) is 4.68 Å². The van der Waals surface area contributed by atoms with Crippen molar-refractivity contribution in [3.05, 3.63) is 69.8 Å². The van der Waals surface area contributed by atoms with Gasteiger partial charge in [0.2, 0.25) is 0 Å². The van der Waals surface area contributed by atoms with E-state index in [1.165, 1.54) is 0 Å². The SMILES string of the molecule is O=C(COc1ccc(Cl)cc1)Nc1c2c(nn1-c1cccc(Cl)c1)CS(=O)C2. The summed E-state index contributed by atoms with van der Waals surface area (Å²) in [5, 5.41) is 8.52. The van der Waals surface area contributed by atoms with Crippen LogP contribution in [-0.2, 0) is 27.1 Å². The second-order valence-corrected chi connectivity index (χ2v) is 8.51. The molecule has 0 fully saturated rings. The van der Waals surface area contributed by atoms with Crippen LogP contribution in [0.3, 0.4) is 0 Å². The third-order valence-corrected chi connectivity index (χ3v) is 5.86. The lowest BCUT2D eigenvalue weighted by atomic mass is 10.2. The fraction of sp³-hybridized carbons (Fsp3) is 0.158. The van der Waals surface area contributed by atoms with Crippen LogP contribution in [0.1, 0.15) is 11.3 Å². The van der Waals surface area contributed by atoms with Gasteiger partial charge in [-0.15, -0.1) is 0 Å². The molecule has 0 bridgehead atoms. The van der Waals surface area contributed by atoms with Gasteiger partial charge in [0.1, 0.15) is 11.6 Å². The Bertz CT molecular complexity index is 1070. The summed E-state index contributed by atoms with van der Waals surface area (Å²) in [6.45, 7) is -0.180. The quantitative estimate of drug-likeness (QED) is 0.657. The van der Waals surface area contributed by atoms with E-state index in [0.717, 1.165) is 5.56 Å². The van der Waals surface area contributed by atoms with Gasteiger partial charge in [-0.2, -0.15) is 5.10 Å². The molecule has 2 heterocycles. The number of rotatable bonds is 5. The molecule has 1 atom stereocenters. The maximum absolute atomic E-state index is 12.5. The number of anilines is 1. The number of halogens is 2. The van der Waals surface area contributed by atoms with Gasteiger partial charge in [0.05, 0.1) is 22.9 Å². The number of carbonyl (C=O) groups excluding carboxylic acids is 1. The smallest absolute Gasteiger partial charge is 0.263 e. The summed E-state index contributed by atoms with van der Waals surface area (Å²) < 4.78 is 19.0. The predicted molar refractivity (Wildman–Crippen MR) is 110 cm³/mol. The minimum atomic E-state index is -1.02. The Hall–Kier alpha value is -2.35. The van der Waals surface area contributed by atoms with Crippen LogP contribution in [0.4, 0.5) is 5.82 Å². The maximum Gasteiger partial charge on any atom is 0.263 e. The molecule has 1 aliphatic heterocycles. The first-order valence-corrected chi connectivity index (χ1v) is 10.6. The molecular formula is C19H15Cl2N3O3S. The Morgan fingerprint density at radius 2 is 1.93 bits per heavy atom. The lowest BCUT2D eigenvalue weighted by molar-refractivity contribution is -0.118. The van der Waals surface area contributed by atoms with Crippen LogP contribution < -0.4 is 10.1 Å². The second-order valence-electron chi connectivity index (χ2n) is 6.18. The van der Waals surface area contributed by atoms with Crippen molar-refractivity contribution >= 4 is 45.7 Å². The van der Waals surface area contributed by atoms with E-state index < -0.39 is 10.8 Å². The molecular weight excluding hydrogens is 421 g/mol. The maximum atomic E-state index is 12.5. The number of aromatic nitrogens is 2. The zero-order valence-electron chi connectivity index (χ0n) is 14.5. The molecule has 1 N–H and O–H groups in total. The summed E-state index contributed by atoms with van der Waals surface area (Å²) in [6, 6.07) is 13.9. The van der Waals surface area contributed by atoms with Gasteiger partial charge in [-0.1, -0.05) is 29.3 Å². The monoisotopic (exact) mass is 435 g/mol. The van der Waals surface area contributed by atoms with Gasteiger partial charge >= 0.3 is 0 Å². The highest BCUT2D eigenvalue weighted by Gasteiger charge is 2.28. The minimum Gasteiger partial charge on any atom is -0.484 e. The zero-order chi connectivity index (χ0) is 19.7. The van der Waals surface area contributed by atoms with Crippen molar-refractivity contribution in [2.24, 2.45) is 0 Å². The van der Waals surface area contributed by atoms with Gasteiger partial charge in [0.25, 0.3) is 5.91 Å². The van der Waals surface area contributed by atoms with Gasteiger partial charge in [-0.3, -0.25) is 9.00 Å². The van der Waals surface area contributed by atoms with E-state index in [-0.39, 0.29) is 12.5 Å². The molecule has 3 aromatic rings. The number of carbonyl (C=O) groups is 1. The minimum absolute atomic E-state index is 0.180. The zero-order valence-corrected chi connectivity index (χ0v) is 16.9. The summed E-state index contributed by atoms with van der Waals surface area (Å²) >= 11 is 11.9. The Morgan fingerprint density at radius 3 is 2.68 bits per heavy atom. The van der Waals surface area contributed by atoms with E-state index in [1.54, 1.807) is 47.1 Å². The van der Waals surface area contributed by atoms with Crippen LogP contribution in [0.25, 0.3) is 5.69 Å². The highest BCUT2D eigenvalue weighted by Crippen LogP contribution is 2.31. The van der Waals surface area contributed by atoms with E-state index in [2.05, 4.69) is 10.4 Å². The van der Waals surface area contributed by atoms with E-state index in [1.807, 2.05) is 6.07 Å². The number of nitrogens with zero attached hydrogens (tertiary/aromatic N) is 2. The number of hydrogen-bond acceptors (Lipinski definition) is 4. The van der Waals surface area contributed by atoms with E-state index >= 15 is 0 Å². The molecule has 0 spiro atoms. The van der Waals surface area contributed by atoms with Crippen molar-refractivity contribution in [3.63, 3.8) is 0 Å². The Labute approximate surface area is 173 Å². The lowest BCUT2D eigenvalue weighted by Crippen LogP contribution is -2.22. The van der Waals surface area contributed by atoms with Gasteiger partial charge in [0.15, 0.2) is 6.61 Å². The fourth-order valence-electron chi connectivity index (χ4n) is 2.90. The van der Waals surface area contributed by atoms with E-state index in [9.17, 15) is 9.00 Å². The molecule has 0 saturated carbocycles. The molecule has 0 radical (unpaired) electrons. The Morgan fingerprint density at radius 1 is 1.14 bits per heavy atom. The third-order valence-electron chi connectivity index (χ3n) is 4.16. The van der Waals surface area contributed by atoms with Crippen LogP contribution in [0, 0.1) is 0 Å². The van der Waals surface area contributed by atoms with Crippen molar-refractivity contribution in [1.29, 1.82) is 0 Å². The first-order chi connectivity index (χ1) is 13.5. The van der Waals surface area contributed by atoms with Crippen molar-refractivity contribution in [2.75, 3.05) is 11.9 Å². The standard InChI is InChI=1S/C19H15Cl2N3O3S/c20-12-4-6-15(7-5-12)27-9-18(25)22-19-16-10-28(26)11-17(16)23-24(19)14-3-1-2-13(21)8-14/h1-8H,9-11H2,(H,22,25). The summed E-state index contributed by atoms with van der Waals surface area (Å²) in [7, 11) is -1.02. The first-order valence-electron chi connectivity index (χ1n) is 8.39. The molecule has 2 aromatic carbocycles. The van der Waals surface area contributed by atoms with Gasteiger partial charge < -0.3 is 10.1 Å². The number of hydrogen-bond donors (Lipinski definition) is 1. The normalized spacial score (nSPS) is 15.3.